The molecule has 0 atom stereocenters. The van der Waals surface area contributed by atoms with Crippen molar-refractivity contribution in [1.29, 1.82) is 5.41 Å². The Morgan fingerprint density at radius 1 is 1.38 bits per heavy atom. The smallest absolute Gasteiger partial charge is 0.259 e. The van der Waals surface area contributed by atoms with Crippen molar-refractivity contribution < 1.29 is 9.53 Å². The first kappa shape index (κ1) is 15.2. The molecular weight excluding hydrogens is 308 g/mol. The highest BCUT2D eigenvalue weighted by molar-refractivity contribution is 7.81. The highest BCUT2D eigenvalue weighted by Crippen LogP contribution is 2.42. The summed E-state index contributed by atoms with van der Waals surface area (Å²) in [4.78, 5) is 12.5. The van der Waals surface area contributed by atoms with Gasteiger partial charge < -0.3 is 27.3 Å². The van der Waals surface area contributed by atoms with E-state index in [1.807, 2.05) is 0 Å². The number of hydrogen-bond acceptors (Lipinski definition) is 7. The molecule has 0 unspecified atom stereocenters. The van der Waals surface area contributed by atoms with Gasteiger partial charge in [-0.3, -0.25) is 4.79 Å². The van der Waals surface area contributed by atoms with Gasteiger partial charge in [0.1, 0.15) is 0 Å². The van der Waals surface area contributed by atoms with Crippen molar-refractivity contribution in [2.45, 2.75) is 12.8 Å². The summed E-state index contributed by atoms with van der Waals surface area (Å²) in [6, 6.07) is 0. The van der Waals surface area contributed by atoms with E-state index in [1.165, 1.54) is 6.20 Å². The van der Waals surface area contributed by atoms with E-state index in [9.17, 15) is 4.79 Å². The maximum absolute atomic E-state index is 11.6. The summed E-state index contributed by atoms with van der Waals surface area (Å²) in [5, 5.41) is 7.62. The van der Waals surface area contributed by atoms with Crippen LogP contribution in [0.3, 0.4) is 0 Å². The third-order valence-corrected chi connectivity index (χ3v) is 4.67. The Kier molecular flexibility index (Phi) is 4.39. The van der Waals surface area contributed by atoms with E-state index in [4.69, 9.17) is 39.6 Å². The fraction of sp³-hybridized carbons (Fsp3) is 0.154. The Morgan fingerprint density at radius 3 is 2.62 bits per heavy atom. The molecule has 110 valence electrons. The van der Waals surface area contributed by atoms with Crippen molar-refractivity contribution in [3.63, 3.8) is 0 Å². The Bertz CT molecular complexity index is 689. The Morgan fingerprint density at radius 2 is 2.10 bits per heavy atom. The van der Waals surface area contributed by atoms with Crippen LogP contribution in [0.15, 0.2) is 23.7 Å². The zero-order valence-corrected chi connectivity index (χ0v) is 12.6. The lowest BCUT2D eigenvalue weighted by molar-refractivity contribution is 0.100. The maximum Gasteiger partial charge on any atom is 0.259 e. The number of thiophene rings is 1. The molecule has 0 fully saturated rings. The number of nitrogens with two attached hydrogens (primary N) is 3. The summed E-state index contributed by atoms with van der Waals surface area (Å²) in [6.45, 7) is 0. The molecule has 0 radical (unpaired) electrons. The van der Waals surface area contributed by atoms with Crippen LogP contribution in [-0.2, 0) is 6.42 Å². The molecule has 21 heavy (non-hydrogen) atoms. The number of amides is 1. The van der Waals surface area contributed by atoms with Gasteiger partial charge in [0.25, 0.3) is 5.91 Å². The zero-order valence-electron chi connectivity index (χ0n) is 11.0. The molecule has 1 aromatic heterocycles. The number of nitrogens with one attached hydrogen (secondary N) is 1. The summed E-state index contributed by atoms with van der Waals surface area (Å²) in [7, 11) is 0. The van der Waals surface area contributed by atoms with Crippen LogP contribution in [0.2, 0.25) is 0 Å². The number of thiocarbonyl (C=S) groups is 1. The fourth-order valence-corrected chi connectivity index (χ4v) is 3.62. The Hall–Kier alpha value is -2.19. The minimum Gasteiger partial charge on any atom is -0.443 e. The number of fused-ring (bicyclic) bond motifs is 1. The van der Waals surface area contributed by atoms with Gasteiger partial charge in [-0.15, -0.1) is 0 Å². The first-order chi connectivity index (χ1) is 10.0. The second-order valence-electron chi connectivity index (χ2n) is 4.27. The number of carbonyl (C=O) groups excluding carboxylic acids is 1. The molecule has 2 rings (SSSR count). The summed E-state index contributed by atoms with van der Waals surface area (Å²) in [5.74, 6) is -0.371. The molecule has 0 saturated carbocycles. The van der Waals surface area contributed by atoms with Crippen molar-refractivity contribution >= 4 is 40.5 Å². The zero-order chi connectivity index (χ0) is 15.6. The molecule has 1 aliphatic rings. The third kappa shape index (κ3) is 2.67. The largest absolute Gasteiger partial charge is 0.443 e. The molecule has 1 heterocycles. The molecule has 1 amide bonds. The Labute approximate surface area is 130 Å². The molecule has 0 bridgehead atoms. The first-order valence-corrected chi connectivity index (χ1v) is 7.27. The number of rotatable bonds is 4. The van der Waals surface area contributed by atoms with Gasteiger partial charge in [0.05, 0.1) is 21.5 Å². The van der Waals surface area contributed by atoms with Crippen molar-refractivity contribution in [3.05, 3.63) is 39.7 Å². The Balaban J connectivity index is 2.59. The fourth-order valence-electron chi connectivity index (χ4n) is 2.09. The van der Waals surface area contributed by atoms with Gasteiger partial charge in [-0.2, -0.15) is 0 Å². The van der Waals surface area contributed by atoms with Gasteiger partial charge in [-0.25, -0.2) is 0 Å². The molecule has 6 nitrogen and oxygen atoms in total. The molecule has 0 aliphatic heterocycles. The highest BCUT2D eigenvalue weighted by Gasteiger charge is 2.30. The van der Waals surface area contributed by atoms with E-state index in [0.29, 0.717) is 33.2 Å². The van der Waals surface area contributed by atoms with Gasteiger partial charge >= 0.3 is 0 Å². The lowest BCUT2D eigenvalue weighted by Gasteiger charge is -2.18. The normalized spacial score (nSPS) is 16.7. The predicted molar refractivity (Wildman–Crippen MR) is 86.8 cm³/mol. The van der Waals surface area contributed by atoms with Crippen molar-refractivity contribution in [2.24, 2.45) is 17.2 Å². The van der Waals surface area contributed by atoms with E-state index in [0.717, 1.165) is 34.9 Å². The predicted octanol–water partition coefficient (Wildman–Crippen LogP) is 1.18. The van der Waals surface area contributed by atoms with Crippen LogP contribution >= 0.6 is 23.6 Å². The standard InChI is InChI=1S/C13H14N4O2S2/c14-3-6-1-2-8-9(10(6)20)13(19-7(4-15)5-16)21-11(8)12(17)18/h3-5,15H,1-2,14,16H2,(H2,17,18)/b6-3?,7-5+,15-4?. The maximum atomic E-state index is 11.6. The van der Waals surface area contributed by atoms with Crippen molar-refractivity contribution in [3.8, 4) is 5.06 Å². The van der Waals surface area contributed by atoms with E-state index in [-0.39, 0.29) is 5.76 Å². The number of hydrogen-bond donors (Lipinski definition) is 4. The van der Waals surface area contributed by atoms with Crippen LogP contribution in [-0.4, -0.2) is 17.0 Å². The summed E-state index contributed by atoms with van der Waals surface area (Å²) in [5.41, 5.74) is 18.6. The van der Waals surface area contributed by atoms with E-state index in [1.54, 1.807) is 0 Å². The van der Waals surface area contributed by atoms with Gasteiger partial charge in [0, 0.05) is 6.20 Å². The SMILES string of the molecule is N=C/C(=C\N)Oc1sc(C(N)=O)c2c1C(=S)C(=CN)CC2. The highest BCUT2D eigenvalue weighted by atomic mass is 32.1. The van der Waals surface area contributed by atoms with Crippen LogP contribution in [0, 0.1) is 5.41 Å². The van der Waals surface area contributed by atoms with E-state index < -0.39 is 5.91 Å². The molecule has 8 heteroatoms. The van der Waals surface area contributed by atoms with E-state index >= 15 is 0 Å². The summed E-state index contributed by atoms with van der Waals surface area (Å²) in [6.07, 6.45) is 4.87. The van der Waals surface area contributed by atoms with Gasteiger partial charge in [0.15, 0.2) is 10.8 Å². The van der Waals surface area contributed by atoms with Crippen LogP contribution in [0.4, 0.5) is 0 Å². The van der Waals surface area contributed by atoms with Gasteiger partial charge in [-0.05, 0) is 30.2 Å². The topological polar surface area (TPSA) is 128 Å². The molecule has 0 aromatic carbocycles. The quantitative estimate of drug-likeness (QED) is 0.286. The minimum atomic E-state index is -0.526. The monoisotopic (exact) mass is 322 g/mol. The summed E-state index contributed by atoms with van der Waals surface area (Å²) < 4.78 is 5.55. The number of carbonyl (C=O) groups is 1. The number of ether oxygens (including phenoxy) is 1. The molecule has 1 aromatic rings. The van der Waals surface area contributed by atoms with Crippen LogP contribution < -0.4 is 21.9 Å². The molecule has 7 N–H and O–H groups in total. The van der Waals surface area contributed by atoms with Gasteiger partial charge in [-0.1, -0.05) is 23.6 Å². The lowest BCUT2D eigenvalue weighted by atomic mass is 9.89. The third-order valence-electron chi connectivity index (χ3n) is 3.08. The number of allylic oxidation sites excluding steroid dienone is 2. The second-order valence-corrected chi connectivity index (χ2v) is 5.66. The molecule has 1 aliphatic carbocycles. The average Bonchev–Trinajstić information content (AvgIpc) is 2.84. The van der Waals surface area contributed by atoms with Gasteiger partial charge in [0.2, 0.25) is 0 Å². The molecule has 0 spiro atoms. The van der Waals surface area contributed by atoms with Crippen LogP contribution in [0.25, 0.3) is 0 Å². The van der Waals surface area contributed by atoms with Crippen LogP contribution in [0.5, 0.6) is 5.06 Å². The first-order valence-electron chi connectivity index (χ1n) is 6.04. The summed E-state index contributed by atoms with van der Waals surface area (Å²) >= 11 is 6.52. The van der Waals surface area contributed by atoms with Crippen molar-refractivity contribution in [2.75, 3.05) is 0 Å². The second kappa shape index (κ2) is 6.06. The minimum absolute atomic E-state index is 0.154. The molecular formula is C13H14N4O2S2. The lowest BCUT2D eigenvalue weighted by Crippen LogP contribution is -2.18. The number of primary amides is 1. The average molecular weight is 322 g/mol. The van der Waals surface area contributed by atoms with Crippen molar-refractivity contribution in [1.82, 2.24) is 0 Å². The van der Waals surface area contributed by atoms with Crippen LogP contribution in [0.1, 0.15) is 27.2 Å². The van der Waals surface area contributed by atoms with E-state index in [2.05, 4.69) is 0 Å². The molecule has 0 saturated heterocycles.